The average Bonchev–Trinajstić information content (AvgIpc) is 2.92. The minimum Gasteiger partial charge on any atom is -0.451 e. The predicted molar refractivity (Wildman–Crippen MR) is 146 cm³/mol. The minimum atomic E-state index is -0.852. The zero-order valence-electron chi connectivity index (χ0n) is 22.0. The van der Waals surface area contributed by atoms with Gasteiger partial charge in [-0.3, -0.25) is 9.78 Å². The van der Waals surface area contributed by atoms with Crippen LogP contribution in [-0.2, 0) is 17.6 Å². The number of aromatic nitrogens is 1. The van der Waals surface area contributed by atoms with Gasteiger partial charge in [-0.05, 0) is 61.9 Å². The summed E-state index contributed by atoms with van der Waals surface area (Å²) in [5, 5.41) is 0. The molecule has 4 nitrogen and oxygen atoms in total. The molecule has 1 aromatic heterocycles. The van der Waals surface area contributed by atoms with Crippen LogP contribution in [0, 0.1) is 0 Å². The van der Waals surface area contributed by atoms with Crippen molar-refractivity contribution < 1.29 is 14.3 Å². The fourth-order valence-corrected chi connectivity index (χ4v) is 4.19. The van der Waals surface area contributed by atoms with Crippen molar-refractivity contribution >= 4 is 11.8 Å². The first-order valence-corrected chi connectivity index (χ1v) is 13.4. The van der Waals surface area contributed by atoms with Gasteiger partial charge < -0.3 is 4.74 Å². The van der Waals surface area contributed by atoms with Crippen LogP contribution in [0.15, 0.2) is 66.9 Å². The van der Waals surface area contributed by atoms with Gasteiger partial charge in [-0.1, -0.05) is 88.4 Å². The van der Waals surface area contributed by atoms with Crippen LogP contribution in [0.5, 0.6) is 0 Å². The molecular formula is C32H39NO3. The summed E-state index contributed by atoms with van der Waals surface area (Å²) in [7, 11) is 0. The maximum atomic E-state index is 12.7. The summed E-state index contributed by atoms with van der Waals surface area (Å²) in [5.74, 6) is -0.704. The Morgan fingerprint density at radius 1 is 0.722 bits per heavy atom. The second kappa shape index (κ2) is 14.3. The Kier molecular flexibility index (Phi) is 10.9. The van der Waals surface area contributed by atoms with E-state index in [1.54, 1.807) is 19.1 Å². The van der Waals surface area contributed by atoms with Crippen LogP contribution in [0.2, 0.25) is 0 Å². The van der Waals surface area contributed by atoms with Gasteiger partial charge in [0.15, 0.2) is 6.10 Å². The van der Waals surface area contributed by atoms with E-state index in [1.165, 1.54) is 43.2 Å². The van der Waals surface area contributed by atoms with Gasteiger partial charge in [0.2, 0.25) is 5.78 Å². The molecule has 0 radical (unpaired) electrons. The number of esters is 1. The number of benzene rings is 2. The van der Waals surface area contributed by atoms with E-state index in [-0.39, 0.29) is 5.78 Å². The number of aryl methyl sites for hydroxylation is 2. The summed E-state index contributed by atoms with van der Waals surface area (Å²) in [6.07, 6.45) is 11.8. The Labute approximate surface area is 216 Å². The molecule has 0 amide bonds. The molecule has 3 rings (SSSR count). The van der Waals surface area contributed by atoms with Crippen molar-refractivity contribution in [3.8, 4) is 11.3 Å². The monoisotopic (exact) mass is 485 g/mol. The maximum absolute atomic E-state index is 12.7. The van der Waals surface area contributed by atoms with Crippen LogP contribution in [0.25, 0.3) is 11.3 Å². The van der Waals surface area contributed by atoms with E-state index in [1.807, 2.05) is 48.7 Å². The summed E-state index contributed by atoms with van der Waals surface area (Å²) in [4.78, 5) is 30.0. The highest BCUT2D eigenvalue weighted by atomic mass is 16.5. The van der Waals surface area contributed by atoms with Crippen molar-refractivity contribution in [1.29, 1.82) is 0 Å². The summed E-state index contributed by atoms with van der Waals surface area (Å²) in [5.41, 5.74) is 5.25. The lowest BCUT2D eigenvalue weighted by Gasteiger charge is -2.13. The smallest absolute Gasteiger partial charge is 0.338 e. The molecule has 0 saturated heterocycles. The molecule has 0 aliphatic heterocycles. The molecule has 2 aromatic carbocycles. The van der Waals surface area contributed by atoms with Crippen molar-refractivity contribution in [1.82, 2.24) is 4.98 Å². The molecule has 0 aliphatic carbocycles. The first-order chi connectivity index (χ1) is 17.5. The van der Waals surface area contributed by atoms with Crippen molar-refractivity contribution in [3.63, 3.8) is 0 Å². The maximum Gasteiger partial charge on any atom is 0.338 e. The van der Waals surface area contributed by atoms with Gasteiger partial charge in [-0.2, -0.15) is 0 Å². The summed E-state index contributed by atoms with van der Waals surface area (Å²) in [6.45, 7) is 6.01. The first-order valence-electron chi connectivity index (χ1n) is 13.4. The zero-order valence-corrected chi connectivity index (χ0v) is 22.0. The van der Waals surface area contributed by atoms with Crippen LogP contribution in [-0.4, -0.2) is 22.8 Å². The number of ketones is 1. The van der Waals surface area contributed by atoms with E-state index >= 15 is 0 Å². The molecule has 1 heterocycles. The van der Waals surface area contributed by atoms with E-state index < -0.39 is 12.1 Å². The van der Waals surface area contributed by atoms with Crippen molar-refractivity contribution in [2.45, 2.75) is 84.7 Å². The molecule has 0 bridgehead atoms. The Morgan fingerprint density at radius 3 is 1.97 bits per heavy atom. The Bertz CT molecular complexity index is 1090. The molecule has 3 aromatic rings. The van der Waals surface area contributed by atoms with E-state index in [0.717, 1.165) is 36.9 Å². The second-order valence-corrected chi connectivity index (χ2v) is 9.51. The molecular weight excluding hydrogens is 446 g/mol. The number of carbonyl (C=O) groups is 2. The number of nitrogens with zero attached hydrogens (tertiary/aromatic N) is 1. The van der Waals surface area contributed by atoms with Gasteiger partial charge in [0.05, 0.1) is 11.3 Å². The number of Topliss-reactive ketones (excluding diaryl/α,β-unsaturated/α-hetero) is 1. The zero-order chi connectivity index (χ0) is 25.8. The van der Waals surface area contributed by atoms with E-state index in [2.05, 4.69) is 24.9 Å². The number of hydrogen-bond donors (Lipinski definition) is 0. The predicted octanol–water partition coefficient (Wildman–Crippen LogP) is 8.03. The largest absolute Gasteiger partial charge is 0.451 e. The Hall–Kier alpha value is -3.27. The number of carbonyl (C=O) groups excluding carboxylic acids is 2. The molecule has 0 fully saturated rings. The third kappa shape index (κ3) is 8.15. The molecule has 1 atom stereocenters. The third-order valence-corrected chi connectivity index (χ3v) is 6.52. The summed E-state index contributed by atoms with van der Waals surface area (Å²) < 4.78 is 5.47. The highest BCUT2D eigenvalue weighted by Gasteiger charge is 2.20. The first kappa shape index (κ1) is 27.3. The lowest BCUT2D eigenvalue weighted by atomic mass is 10.0. The Balaban J connectivity index is 1.52. The average molecular weight is 486 g/mol. The van der Waals surface area contributed by atoms with E-state index in [0.29, 0.717) is 11.1 Å². The van der Waals surface area contributed by atoms with Crippen LogP contribution < -0.4 is 0 Å². The van der Waals surface area contributed by atoms with Crippen LogP contribution >= 0.6 is 0 Å². The lowest BCUT2D eigenvalue weighted by molar-refractivity contribution is 0.0319. The molecule has 0 saturated carbocycles. The SMILES string of the molecule is CCCCCCCc1ccc(-c2ccc(C(=O)OC(C)C(=O)c3ccc(CCCC)cc3)cc2)nc1. The normalized spacial score (nSPS) is 11.8. The molecule has 36 heavy (non-hydrogen) atoms. The van der Waals surface area contributed by atoms with Crippen molar-refractivity contribution in [2.24, 2.45) is 0 Å². The van der Waals surface area contributed by atoms with Crippen molar-refractivity contribution in [2.75, 3.05) is 0 Å². The van der Waals surface area contributed by atoms with Crippen LogP contribution in [0.4, 0.5) is 0 Å². The topological polar surface area (TPSA) is 56.3 Å². The van der Waals surface area contributed by atoms with Gasteiger partial charge in [-0.25, -0.2) is 4.79 Å². The summed E-state index contributed by atoms with van der Waals surface area (Å²) >= 11 is 0. The highest BCUT2D eigenvalue weighted by Crippen LogP contribution is 2.20. The van der Waals surface area contributed by atoms with Crippen molar-refractivity contribution in [3.05, 3.63) is 89.1 Å². The number of rotatable bonds is 14. The van der Waals surface area contributed by atoms with Gasteiger partial charge in [0.25, 0.3) is 0 Å². The number of ether oxygens (including phenoxy) is 1. The quantitative estimate of drug-likeness (QED) is 0.132. The standard InChI is InChI=1S/C32H39NO3/c1-4-6-8-9-10-12-26-15-22-30(33-23-26)27-18-20-29(21-19-27)32(35)36-24(3)31(34)28-16-13-25(14-17-28)11-7-5-2/h13-24H,4-12H2,1-3H3. The summed E-state index contributed by atoms with van der Waals surface area (Å²) in [6, 6.07) is 18.9. The Morgan fingerprint density at radius 2 is 1.33 bits per heavy atom. The molecule has 0 N–H and O–H groups in total. The second-order valence-electron chi connectivity index (χ2n) is 9.51. The fraction of sp³-hybridized carbons (Fsp3) is 0.406. The number of pyridine rings is 1. The van der Waals surface area contributed by atoms with Gasteiger partial charge >= 0.3 is 5.97 Å². The molecule has 0 aliphatic rings. The molecule has 0 spiro atoms. The van der Waals surface area contributed by atoms with E-state index in [4.69, 9.17) is 4.74 Å². The molecule has 1 unspecified atom stereocenters. The number of unbranched alkanes of at least 4 members (excludes halogenated alkanes) is 5. The van der Waals surface area contributed by atoms with Gasteiger partial charge in [0.1, 0.15) is 0 Å². The van der Waals surface area contributed by atoms with Crippen LogP contribution in [0.1, 0.15) is 97.6 Å². The van der Waals surface area contributed by atoms with Gasteiger partial charge in [0, 0.05) is 17.3 Å². The number of hydrogen-bond acceptors (Lipinski definition) is 4. The molecule has 190 valence electrons. The molecule has 4 heteroatoms. The van der Waals surface area contributed by atoms with E-state index in [9.17, 15) is 9.59 Å². The fourth-order valence-electron chi connectivity index (χ4n) is 4.19. The van der Waals surface area contributed by atoms with Crippen LogP contribution in [0.3, 0.4) is 0 Å². The van der Waals surface area contributed by atoms with Gasteiger partial charge in [-0.15, -0.1) is 0 Å². The minimum absolute atomic E-state index is 0.198. The highest BCUT2D eigenvalue weighted by molar-refractivity contribution is 6.01. The lowest BCUT2D eigenvalue weighted by Crippen LogP contribution is -2.24. The third-order valence-electron chi connectivity index (χ3n) is 6.52.